The zero-order valence-electron chi connectivity index (χ0n) is 14.8. The zero-order valence-corrected chi connectivity index (χ0v) is 17.1. The maximum absolute atomic E-state index is 13.1. The van der Waals surface area contributed by atoms with E-state index in [0.29, 0.717) is 0 Å². The number of nitrogens with one attached hydrogen (secondary N) is 1. The summed E-state index contributed by atoms with van der Waals surface area (Å²) < 4.78 is 19.2. The number of rotatable bonds is 5. The number of halogens is 2. The van der Waals surface area contributed by atoms with Gasteiger partial charge in [-0.2, -0.15) is 0 Å². The van der Waals surface area contributed by atoms with Gasteiger partial charge < -0.3 is 15.0 Å². The fourth-order valence-corrected chi connectivity index (χ4v) is 2.75. The zero-order chi connectivity index (χ0) is 16.7. The molecule has 6 heteroatoms. The summed E-state index contributed by atoms with van der Waals surface area (Å²) in [7, 11) is 0. The number of morpholine rings is 1. The molecule has 4 nitrogen and oxygen atoms in total. The Kier molecular flexibility index (Phi) is 9.58. The number of unbranched alkanes of at least 4 members (excludes halogenated alkanes) is 1. The summed E-state index contributed by atoms with van der Waals surface area (Å²) >= 11 is 0. The molecule has 1 aromatic rings. The molecule has 0 aromatic heterocycles. The average Bonchev–Trinajstić information content (AvgIpc) is 2.54. The van der Waals surface area contributed by atoms with Crippen molar-refractivity contribution in [2.75, 3.05) is 26.2 Å². The Bertz CT molecular complexity index is 509. The van der Waals surface area contributed by atoms with E-state index in [0.717, 1.165) is 50.5 Å². The van der Waals surface area contributed by atoms with Gasteiger partial charge in [0.1, 0.15) is 11.9 Å². The summed E-state index contributed by atoms with van der Waals surface area (Å²) in [6.45, 7) is 9.55. The highest BCUT2D eigenvalue weighted by molar-refractivity contribution is 14.0. The summed E-state index contributed by atoms with van der Waals surface area (Å²) in [5.74, 6) is 0.729. The van der Waals surface area contributed by atoms with Gasteiger partial charge in [-0.25, -0.2) is 4.39 Å². The van der Waals surface area contributed by atoms with Gasteiger partial charge >= 0.3 is 0 Å². The second kappa shape index (κ2) is 10.9. The molecule has 1 N–H and O–H groups in total. The molecular weight excluding hydrogens is 420 g/mol. The molecule has 2 atom stereocenters. The van der Waals surface area contributed by atoms with Crippen molar-refractivity contribution in [3.63, 3.8) is 0 Å². The van der Waals surface area contributed by atoms with Crippen molar-refractivity contribution in [3.05, 3.63) is 35.6 Å². The topological polar surface area (TPSA) is 36.9 Å². The number of benzene rings is 1. The summed E-state index contributed by atoms with van der Waals surface area (Å²) in [6.07, 6.45) is 2.28. The van der Waals surface area contributed by atoms with Gasteiger partial charge in [-0.3, -0.25) is 4.99 Å². The average molecular weight is 449 g/mol. The molecule has 1 aliphatic heterocycles. The van der Waals surface area contributed by atoms with Crippen LogP contribution >= 0.6 is 24.0 Å². The van der Waals surface area contributed by atoms with E-state index in [4.69, 9.17) is 9.73 Å². The van der Waals surface area contributed by atoms with Crippen LogP contribution in [0.5, 0.6) is 0 Å². The lowest BCUT2D eigenvalue weighted by atomic mass is 10.1. The van der Waals surface area contributed by atoms with Crippen molar-refractivity contribution in [3.8, 4) is 0 Å². The maximum atomic E-state index is 13.1. The Hall–Kier alpha value is -0.890. The van der Waals surface area contributed by atoms with E-state index in [-0.39, 0.29) is 42.0 Å². The molecule has 0 saturated carbocycles. The van der Waals surface area contributed by atoms with Gasteiger partial charge in [0.25, 0.3) is 0 Å². The molecule has 1 saturated heterocycles. The third kappa shape index (κ3) is 6.20. The minimum Gasteiger partial charge on any atom is -0.367 e. The van der Waals surface area contributed by atoms with Gasteiger partial charge in [0, 0.05) is 19.6 Å². The molecule has 0 radical (unpaired) electrons. The van der Waals surface area contributed by atoms with Crippen LogP contribution in [0, 0.1) is 5.82 Å². The molecule has 1 heterocycles. The van der Waals surface area contributed by atoms with E-state index in [2.05, 4.69) is 31.0 Å². The lowest BCUT2D eigenvalue weighted by Crippen LogP contribution is -2.50. The molecule has 1 aliphatic rings. The van der Waals surface area contributed by atoms with Crippen LogP contribution in [0.25, 0.3) is 0 Å². The van der Waals surface area contributed by atoms with Crippen LogP contribution in [-0.4, -0.2) is 43.1 Å². The molecule has 1 aromatic carbocycles. The van der Waals surface area contributed by atoms with Crippen molar-refractivity contribution in [1.29, 1.82) is 0 Å². The molecule has 24 heavy (non-hydrogen) atoms. The smallest absolute Gasteiger partial charge is 0.194 e. The van der Waals surface area contributed by atoms with Gasteiger partial charge in [0.15, 0.2) is 5.96 Å². The molecule has 136 valence electrons. The Morgan fingerprint density at radius 3 is 2.62 bits per heavy atom. The molecule has 1 fully saturated rings. The predicted molar refractivity (Wildman–Crippen MR) is 108 cm³/mol. The van der Waals surface area contributed by atoms with Crippen LogP contribution in [-0.2, 0) is 4.74 Å². The summed E-state index contributed by atoms with van der Waals surface area (Å²) in [5.41, 5.74) is 1.01. The quantitative estimate of drug-likeness (QED) is 0.320. The molecular formula is C18H29FIN3O. The molecule has 2 rings (SSSR count). The van der Waals surface area contributed by atoms with Crippen LogP contribution in [0.3, 0.4) is 0 Å². The van der Waals surface area contributed by atoms with Crippen LogP contribution in [0.2, 0.25) is 0 Å². The highest BCUT2D eigenvalue weighted by atomic mass is 127. The van der Waals surface area contributed by atoms with E-state index < -0.39 is 0 Å². The molecule has 0 amide bonds. The normalized spacial score (nSPS) is 21.3. The number of hydrogen-bond acceptors (Lipinski definition) is 2. The fraction of sp³-hybridized carbons (Fsp3) is 0.611. The highest BCUT2D eigenvalue weighted by Gasteiger charge is 2.28. The van der Waals surface area contributed by atoms with Crippen molar-refractivity contribution in [2.45, 2.75) is 45.8 Å². The van der Waals surface area contributed by atoms with Crippen molar-refractivity contribution < 1.29 is 9.13 Å². The van der Waals surface area contributed by atoms with Gasteiger partial charge in [0.05, 0.1) is 12.6 Å². The van der Waals surface area contributed by atoms with E-state index in [1.165, 1.54) is 12.1 Å². The third-order valence-corrected chi connectivity index (χ3v) is 3.91. The SMILES string of the molecule is CCCCN=C(NCC)N1CC(C)OC(c2ccc(F)cc2)C1.I. The van der Waals surface area contributed by atoms with Crippen molar-refractivity contribution in [2.24, 2.45) is 4.99 Å². The lowest BCUT2D eigenvalue weighted by molar-refractivity contribution is -0.0605. The van der Waals surface area contributed by atoms with E-state index >= 15 is 0 Å². The molecule has 0 spiro atoms. The monoisotopic (exact) mass is 449 g/mol. The first-order chi connectivity index (χ1) is 11.1. The predicted octanol–water partition coefficient (Wildman–Crippen LogP) is 3.97. The minimum atomic E-state index is -0.219. The minimum absolute atomic E-state index is 0. The third-order valence-electron chi connectivity index (χ3n) is 3.91. The number of guanidine groups is 1. The Labute approximate surface area is 161 Å². The number of aliphatic imine (C=N–C) groups is 1. The second-order valence-electron chi connectivity index (χ2n) is 5.98. The number of hydrogen-bond donors (Lipinski definition) is 1. The van der Waals surface area contributed by atoms with Crippen LogP contribution < -0.4 is 5.32 Å². The maximum Gasteiger partial charge on any atom is 0.194 e. The number of ether oxygens (including phenoxy) is 1. The first-order valence-corrected chi connectivity index (χ1v) is 8.58. The van der Waals surface area contributed by atoms with Gasteiger partial charge in [0.2, 0.25) is 0 Å². The fourth-order valence-electron chi connectivity index (χ4n) is 2.75. The highest BCUT2D eigenvalue weighted by Crippen LogP contribution is 2.25. The Morgan fingerprint density at radius 1 is 1.29 bits per heavy atom. The van der Waals surface area contributed by atoms with Gasteiger partial charge in [-0.1, -0.05) is 25.5 Å². The molecule has 2 unspecified atom stereocenters. The van der Waals surface area contributed by atoms with Gasteiger partial charge in [-0.05, 0) is 38.0 Å². The van der Waals surface area contributed by atoms with E-state index in [1.807, 2.05) is 0 Å². The van der Waals surface area contributed by atoms with Crippen molar-refractivity contribution in [1.82, 2.24) is 10.2 Å². The summed E-state index contributed by atoms with van der Waals surface area (Å²) in [5, 5.41) is 3.37. The van der Waals surface area contributed by atoms with Crippen LogP contribution in [0.15, 0.2) is 29.3 Å². The lowest BCUT2D eigenvalue weighted by Gasteiger charge is -2.38. The summed E-state index contributed by atoms with van der Waals surface area (Å²) in [6, 6.07) is 6.58. The largest absolute Gasteiger partial charge is 0.367 e. The van der Waals surface area contributed by atoms with Crippen LogP contribution in [0.1, 0.15) is 45.3 Å². The van der Waals surface area contributed by atoms with E-state index in [9.17, 15) is 4.39 Å². The Balaban J connectivity index is 0.00000288. The van der Waals surface area contributed by atoms with Crippen LogP contribution in [0.4, 0.5) is 4.39 Å². The van der Waals surface area contributed by atoms with E-state index in [1.54, 1.807) is 12.1 Å². The standard InChI is InChI=1S/C18H28FN3O.HI/c1-4-6-11-21-18(20-5-2)22-12-14(3)23-17(13-22)15-7-9-16(19)10-8-15;/h7-10,14,17H,4-6,11-13H2,1-3H3,(H,20,21);1H. The summed E-state index contributed by atoms with van der Waals surface area (Å²) in [4.78, 5) is 6.97. The first-order valence-electron chi connectivity index (χ1n) is 8.58. The Morgan fingerprint density at radius 2 is 2.00 bits per heavy atom. The van der Waals surface area contributed by atoms with Gasteiger partial charge in [-0.15, -0.1) is 24.0 Å². The second-order valence-corrected chi connectivity index (χ2v) is 5.98. The van der Waals surface area contributed by atoms with Crippen molar-refractivity contribution >= 4 is 29.9 Å². The number of nitrogens with zero attached hydrogens (tertiary/aromatic N) is 2. The molecule has 0 bridgehead atoms. The molecule has 0 aliphatic carbocycles. The first kappa shape index (κ1) is 21.2.